The predicted molar refractivity (Wildman–Crippen MR) is 164 cm³/mol. The highest BCUT2D eigenvalue weighted by Gasteiger charge is 2.24. The van der Waals surface area contributed by atoms with Crippen LogP contribution in [0.3, 0.4) is 0 Å². The van der Waals surface area contributed by atoms with Crippen LogP contribution in [0.2, 0.25) is 0 Å². The topological polar surface area (TPSA) is 82.2 Å². The van der Waals surface area contributed by atoms with Crippen molar-refractivity contribution >= 4 is 29.1 Å². The zero-order chi connectivity index (χ0) is 31.1. The number of halogens is 2. The highest BCUT2D eigenvalue weighted by Crippen LogP contribution is 2.22. The van der Waals surface area contributed by atoms with Crippen LogP contribution in [-0.2, 0) is 11.3 Å². The van der Waals surface area contributed by atoms with Crippen molar-refractivity contribution < 1.29 is 27.9 Å². The average Bonchev–Trinajstić information content (AvgIpc) is 3.05. The molecule has 0 saturated carbocycles. The van der Waals surface area contributed by atoms with Crippen LogP contribution in [0.1, 0.15) is 26.3 Å². The van der Waals surface area contributed by atoms with Gasteiger partial charge in [0.25, 0.3) is 11.8 Å². The maximum absolute atomic E-state index is 14.1. The van der Waals surface area contributed by atoms with Crippen molar-refractivity contribution in [2.24, 2.45) is 0 Å². The summed E-state index contributed by atoms with van der Waals surface area (Å²) in [5, 5.41) is 2.85. The molecule has 3 amide bonds. The van der Waals surface area contributed by atoms with Crippen LogP contribution >= 0.6 is 0 Å². The number of carbonyl (C=O) groups is 3. The van der Waals surface area contributed by atoms with Crippen molar-refractivity contribution in [3.8, 4) is 5.75 Å². The molecule has 1 heterocycles. The Morgan fingerprint density at radius 3 is 2.23 bits per heavy atom. The van der Waals surface area contributed by atoms with E-state index in [-0.39, 0.29) is 30.5 Å². The molecule has 1 saturated heterocycles. The average molecular weight is 599 g/mol. The molecule has 4 aromatic carbocycles. The number of anilines is 2. The largest absolute Gasteiger partial charge is 0.497 e. The van der Waals surface area contributed by atoms with Gasteiger partial charge in [-0.3, -0.25) is 14.4 Å². The molecule has 0 aromatic heterocycles. The van der Waals surface area contributed by atoms with Gasteiger partial charge in [-0.1, -0.05) is 30.3 Å². The third-order valence-corrected chi connectivity index (χ3v) is 7.41. The molecular weight excluding hydrogens is 566 g/mol. The molecule has 5 rings (SSSR count). The van der Waals surface area contributed by atoms with Crippen molar-refractivity contribution in [2.45, 2.75) is 6.54 Å². The molecule has 8 nitrogen and oxygen atoms in total. The van der Waals surface area contributed by atoms with E-state index in [1.165, 1.54) is 36.3 Å². The van der Waals surface area contributed by atoms with Crippen molar-refractivity contribution in [3.05, 3.63) is 125 Å². The van der Waals surface area contributed by atoms with Crippen LogP contribution in [0.5, 0.6) is 5.75 Å². The van der Waals surface area contributed by atoms with Crippen molar-refractivity contribution in [1.82, 2.24) is 9.80 Å². The Morgan fingerprint density at radius 2 is 1.55 bits per heavy atom. The van der Waals surface area contributed by atoms with Gasteiger partial charge in [0.2, 0.25) is 5.91 Å². The molecule has 226 valence electrons. The molecule has 0 spiro atoms. The number of hydrogen-bond acceptors (Lipinski definition) is 5. The monoisotopic (exact) mass is 598 g/mol. The summed E-state index contributed by atoms with van der Waals surface area (Å²) in [5.74, 6) is -1.48. The van der Waals surface area contributed by atoms with E-state index in [1.807, 2.05) is 12.1 Å². The van der Waals surface area contributed by atoms with E-state index in [0.717, 1.165) is 5.69 Å². The van der Waals surface area contributed by atoms with Crippen LogP contribution in [0.15, 0.2) is 97.1 Å². The number of benzene rings is 4. The second-order valence-electron chi connectivity index (χ2n) is 10.4. The van der Waals surface area contributed by atoms with Crippen LogP contribution in [-0.4, -0.2) is 67.4 Å². The fourth-order valence-corrected chi connectivity index (χ4v) is 5.05. The molecule has 10 heteroatoms. The Bertz CT molecular complexity index is 1620. The zero-order valence-corrected chi connectivity index (χ0v) is 24.2. The van der Waals surface area contributed by atoms with Gasteiger partial charge in [-0.25, -0.2) is 8.78 Å². The van der Waals surface area contributed by atoms with Crippen LogP contribution in [0, 0.1) is 11.6 Å². The maximum Gasteiger partial charge on any atom is 0.256 e. The quantitative estimate of drug-likeness (QED) is 0.286. The molecule has 1 aliphatic rings. The number of rotatable bonds is 9. The molecule has 4 aromatic rings. The summed E-state index contributed by atoms with van der Waals surface area (Å²) < 4.78 is 32.8. The van der Waals surface area contributed by atoms with E-state index in [0.29, 0.717) is 48.7 Å². The van der Waals surface area contributed by atoms with Crippen LogP contribution < -0.4 is 15.0 Å². The van der Waals surface area contributed by atoms with Gasteiger partial charge < -0.3 is 24.8 Å². The van der Waals surface area contributed by atoms with Gasteiger partial charge in [-0.15, -0.1) is 0 Å². The molecule has 0 atom stereocenters. The third kappa shape index (κ3) is 7.38. The summed E-state index contributed by atoms with van der Waals surface area (Å²) in [6, 6.07) is 25.7. The van der Waals surface area contributed by atoms with E-state index < -0.39 is 17.5 Å². The first kappa shape index (κ1) is 30.2. The van der Waals surface area contributed by atoms with E-state index in [9.17, 15) is 23.2 Å². The van der Waals surface area contributed by atoms with Gasteiger partial charge in [0, 0.05) is 49.7 Å². The van der Waals surface area contributed by atoms with Crippen molar-refractivity contribution in [1.29, 1.82) is 0 Å². The lowest BCUT2D eigenvalue weighted by Crippen LogP contribution is -2.49. The molecule has 1 aliphatic heterocycles. The van der Waals surface area contributed by atoms with E-state index in [4.69, 9.17) is 4.74 Å². The van der Waals surface area contributed by atoms with Gasteiger partial charge in [-0.05, 0) is 72.3 Å². The molecule has 1 fully saturated rings. The first-order valence-electron chi connectivity index (χ1n) is 14.2. The fraction of sp³-hybridized carbons (Fsp3) is 0.206. The highest BCUT2D eigenvalue weighted by atomic mass is 19.1. The Morgan fingerprint density at radius 1 is 0.841 bits per heavy atom. The molecular formula is C34H32F2N4O4. The minimum Gasteiger partial charge on any atom is -0.497 e. The summed E-state index contributed by atoms with van der Waals surface area (Å²) in [7, 11) is 1.51. The lowest BCUT2D eigenvalue weighted by Gasteiger charge is -2.36. The summed E-state index contributed by atoms with van der Waals surface area (Å²) in [6.45, 7) is 1.95. The first-order valence-corrected chi connectivity index (χ1v) is 14.2. The Kier molecular flexibility index (Phi) is 9.49. The number of methoxy groups -OCH3 is 1. The van der Waals surface area contributed by atoms with Gasteiger partial charge in [0.15, 0.2) is 0 Å². The number of carbonyl (C=O) groups excluding carboxylic acids is 3. The lowest BCUT2D eigenvalue weighted by molar-refractivity contribution is -0.117. The van der Waals surface area contributed by atoms with E-state index in [2.05, 4.69) is 10.2 Å². The molecule has 1 N–H and O–H groups in total. The Balaban J connectivity index is 1.20. The van der Waals surface area contributed by atoms with Crippen molar-refractivity contribution in [3.63, 3.8) is 0 Å². The van der Waals surface area contributed by atoms with Gasteiger partial charge >= 0.3 is 0 Å². The molecule has 44 heavy (non-hydrogen) atoms. The fourth-order valence-electron chi connectivity index (χ4n) is 5.05. The number of nitrogens with zero attached hydrogens (tertiary/aromatic N) is 3. The first-order chi connectivity index (χ1) is 21.3. The lowest BCUT2D eigenvalue weighted by atomic mass is 10.1. The summed E-state index contributed by atoms with van der Waals surface area (Å²) >= 11 is 0. The number of ether oxygens (including phenoxy) is 1. The second-order valence-corrected chi connectivity index (χ2v) is 10.4. The van der Waals surface area contributed by atoms with Gasteiger partial charge in [-0.2, -0.15) is 0 Å². The molecule has 0 radical (unpaired) electrons. The molecule has 0 unspecified atom stereocenters. The van der Waals surface area contributed by atoms with Crippen LogP contribution in [0.25, 0.3) is 0 Å². The smallest absolute Gasteiger partial charge is 0.256 e. The zero-order valence-electron chi connectivity index (χ0n) is 24.2. The maximum atomic E-state index is 14.1. The van der Waals surface area contributed by atoms with Gasteiger partial charge in [0.1, 0.15) is 23.9 Å². The highest BCUT2D eigenvalue weighted by molar-refractivity contribution is 5.99. The number of hydrogen-bond donors (Lipinski definition) is 1. The second kappa shape index (κ2) is 13.8. The van der Waals surface area contributed by atoms with Crippen LogP contribution in [0.4, 0.5) is 20.2 Å². The third-order valence-electron chi connectivity index (χ3n) is 7.41. The minimum absolute atomic E-state index is 0.0717. The van der Waals surface area contributed by atoms with E-state index >= 15 is 0 Å². The van der Waals surface area contributed by atoms with E-state index in [1.54, 1.807) is 65.6 Å². The summed E-state index contributed by atoms with van der Waals surface area (Å²) in [4.78, 5) is 44.4. The van der Waals surface area contributed by atoms with Gasteiger partial charge in [0.05, 0.1) is 12.7 Å². The molecule has 0 aliphatic carbocycles. The molecule has 0 bridgehead atoms. The predicted octanol–water partition coefficient (Wildman–Crippen LogP) is 5.22. The van der Waals surface area contributed by atoms with Crippen molar-refractivity contribution in [2.75, 3.05) is 50.1 Å². The number of piperazine rings is 1. The normalized spacial score (nSPS) is 12.9. The minimum atomic E-state index is -0.527. The summed E-state index contributed by atoms with van der Waals surface area (Å²) in [6.07, 6.45) is 0. The number of nitrogens with one attached hydrogen (secondary N) is 1. The Labute approximate surface area is 254 Å². The summed E-state index contributed by atoms with van der Waals surface area (Å²) in [5.41, 5.74) is 2.59. The Hall–Kier alpha value is -5.25. The number of amides is 3. The standard InChI is InChI=1S/C34H32F2N4O4/c1-44-29-6-4-5-25(21-29)33(42)40(22-24-9-11-26(35)12-10-24)23-32(41)37-27-13-15-28(16-14-27)38-17-19-39(20-18-38)34(43)30-7-2-3-8-31(30)36/h2-16,21H,17-20,22-23H2,1H3,(H,37,41). The SMILES string of the molecule is COc1cccc(C(=O)N(CC(=O)Nc2ccc(N3CCN(C(=O)c4ccccc4F)CC3)cc2)Cc2ccc(F)cc2)c1.